The summed E-state index contributed by atoms with van der Waals surface area (Å²) in [7, 11) is 0. The zero-order valence-corrected chi connectivity index (χ0v) is 14.9. The van der Waals surface area contributed by atoms with Gasteiger partial charge in [-0.15, -0.1) is 0 Å². The molecule has 1 amide bonds. The maximum Gasteiger partial charge on any atom is 0.308 e. The fourth-order valence-electron chi connectivity index (χ4n) is 4.13. The Bertz CT molecular complexity index is 619. The summed E-state index contributed by atoms with van der Waals surface area (Å²) in [5.74, 6) is -1.35. The number of unbranched alkanes of at least 4 members (excludes halogenated alkanes) is 1. The quantitative estimate of drug-likeness (QED) is 0.891. The van der Waals surface area contributed by atoms with E-state index in [9.17, 15) is 14.7 Å². The van der Waals surface area contributed by atoms with Crippen molar-refractivity contribution < 1.29 is 19.4 Å². The highest BCUT2D eigenvalue weighted by molar-refractivity contribution is 5.95. The van der Waals surface area contributed by atoms with Crippen LogP contribution in [0.25, 0.3) is 0 Å². The number of hydrogen-bond acceptors (Lipinski definition) is 3. The van der Waals surface area contributed by atoms with Gasteiger partial charge in [0.15, 0.2) is 0 Å². The summed E-state index contributed by atoms with van der Waals surface area (Å²) in [5.41, 5.74) is 1.55. The molecule has 1 aromatic rings. The van der Waals surface area contributed by atoms with E-state index in [-0.39, 0.29) is 11.3 Å². The van der Waals surface area contributed by atoms with Gasteiger partial charge >= 0.3 is 5.97 Å². The largest absolute Gasteiger partial charge is 0.481 e. The summed E-state index contributed by atoms with van der Waals surface area (Å²) in [4.78, 5) is 26.3. The number of benzene rings is 1. The standard InChI is InChI=1S/C20H27NO4/c1-2-3-4-15-5-7-16(8-6-15)18(22)21-13-17(19(23)24)20(14-21)9-11-25-12-10-20/h5-8,17H,2-4,9-14H2,1H3,(H,23,24). The van der Waals surface area contributed by atoms with Crippen molar-refractivity contribution >= 4 is 11.9 Å². The number of amides is 1. The third kappa shape index (κ3) is 3.71. The molecule has 2 heterocycles. The van der Waals surface area contributed by atoms with Gasteiger partial charge in [-0.1, -0.05) is 25.5 Å². The highest BCUT2D eigenvalue weighted by Crippen LogP contribution is 2.44. The molecule has 2 aliphatic rings. The molecule has 2 aliphatic heterocycles. The zero-order valence-electron chi connectivity index (χ0n) is 14.9. The molecule has 1 spiro atoms. The average molecular weight is 345 g/mol. The Morgan fingerprint density at radius 1 is 1.24 bits per heavy atom. The number of rotatable bonds is 5. The number of ether oxygens (including phenoxy) is 1. The molecule has 25 heavy (non-hydrogen) atoms. The van der Waals surface area contributed by atoms with Crippen molar-refractivity contribution in [1.29, 1.82) is 0 Å². The van der Waals surface area contributed by atoms with E-state index < -0.39 is 11.9 Å². The Kier molecular flexibility index (Phi) is 5.42. The highest BCUT2D eigenvalue weighted by Gasteiger charge is 2.52. The molecular formula is C20H27NO4. The minimum absolute atomic E-state index is 0.0586. The fourth-order valence-corrected chi connectivity index (χ4v) is 4.13. The SMILES string of the molecule is CCCCc1ccc(C(=O)N2CC(C(=O)O)C3(CCOCC3)C2)cc1. The van der Waals surface area contributed by atoms with Crippen LogP contribution in [0.2, 0.25) is 0 Å². The summed E-state index contributed by atoms with van der Waals surface area (Å²) in [6.45, 7) is 4.14. The van der Waals surface area contributed by atoms with Gasteiger partial charge in [0.05, 0.1) is 5.92 Å². The number of carboxylic acids is 1. The van der Waals surface area contributed by atoms with Gasteiger partial charge < -0.3 is 14.7 Å². The fraction of sp³-hybridized carbons (Fsp3) is 0.600. The summed E-state index contributed by atoms with van der Waals surface area (Å²) in [5, 5.41) is 9.64. The first-order valence-corrected chi connectivity index (χ1v) is 9.24. The molecule has 1 atom stereocenters. The molecule has 2 fully saturated rings. The number of carbonyl (C=O) groups is 2. The number of carbonyl (C=O) groups excluding carboxylic acids is 1. The summed E-state index contributed by atoms with van der Waals surface area (Å²) < 4.78 is 5.41. The second-order valence-corrected chi connectivity index (χ2v) is 7.35. The van der Waals surface area contributed by atoms with Crippen molar-refractivity contribution in [2.24, 2.45) is 11.3 Å². The van der Waals surface area contributed by atoms with Gasteiger partial charge in [-0.05, 0) is 43.4 Å². The Morgan fingerprint density at radius 3 is 2.52 bits per heavy atom. The van der Waals surface area contributed by atoms with Gasteiger partial charge in [0.2, 0.25) is 0 Å². The molecule has 0 bridgehead atoms. The van der Waals surface area contributed by atoms with E-state index in [4.69, 9.17) is 4.74 Å². The molecule has 1 unspecified atom stereocenters. The molecule has 1 N–H and O–H groups in total. The average Bonchev–Trinajstić information content (AvgIpc) is 2.99. The molecule has 136 valence electrons. The number of aliphatic carboxylic acids is 1. The minimum Gasteiger partial charge on any atom is -0.481 e. The van der Waals surface area contributed by atoms with Crippen LogP contribution in [0.4, 0.5) is 0 Å². The van der Waals surface area contributed by atoms with Crippen LogP contribution in [0.1, 0.15) is 48.5 Å². The molecule has 0 radical (unpaired) electrons. The number of likely N-dealkylation sites (tertiary alicyclic amines) is 1. The van der Waals surface area contributed by atoms with Gasteiger partial charge in [0, 0.05) is 37.3 Å². The Hall–Kier alpha value is -1.88. The van der Waals surface area contributed by atoms with E-state index in [1.54, 1.807) is 4.90 Å². The lowest BCUT2D eigenvalue weighted by Crippen LogP contribution is -2.40. The van der Waals surface area contributed by atoms with E-state index in [0.29, 0.717) is 44.7 Å². The van der Waals surface area contributed by atoms with Crippen LogP contribution in [-0.4, -0.2) is 48.2 Å². The highest BCUT2D eigenvalue weighted by atomic mass is 16.5. The maximum absolute atomic E-state index is 12.9. The summed E-state index contributed by atoms with van der Waals surface area (Å²) in [6, 6.07) is 7.77. The van der Waals surface area contributed by atoms with E-state index >= 15 is 0 Å². The number of carboxylic acid groups (broad SMARTS) is 1. The van der Waals surface area contributed by atoms with Gasteiger partial charge in [-0.25, -0.2) is 0 Å². The second kappa shape index (κ2) is 7.56. The maximum atomic E-state index is 12.9. The first-order valence-electron chi connectivity index (χ1n) is 9.24. The molecule has 0 aromatic heterocycles. The lowest BCUT2D eigenvalue weighted by atomic mass is 9.72. The first-order chi connectivity index (χ1) is 12.1. The molecule has 1 aromatic carbocycles. The van der Waals surface area contributed by atoms with Crippen molar-refractivity contribution in [1.82, 2.24) is 4.90 Å². The van der Waals surface area contributed by atoms with Gasteiger partial charge in [0.1, 0.15) is 0 Å². The van der Waals surface area contributed by atoms with Crippen LogP contribution >= 0.6 is 0 Å². The third-order valence-electron chi connectivity index (χ3n) is 5.74. The van der Waals surface area contributed by atoms with Gasteiger partial charge in [-0.2, -0.15) is 0 Å². The topological polar surface area (TPSA) is 66.8 Å². The van der Waals surface area contributed by atoms with Crippen LogP contribution in [-0.2, 0) is 16.0 Å². The molecule has 5 nitrogen and oxygen atoms in total. The lowest BCUT2D eigenvalue weighted by Gasteiger charge is -2.36. The van der Waals surface area contributed by atoms with Crippen LogP contribution < -0.4 is 0 Å². The molecular weight excluding hydrogens is 318 g/mol. The monoisotopic (exact) mass is 345 g/mol. The minimum atomic E-state index is -0.799. The van der Waals surface area contributed by atoms with Crippen LogP contribution in [0, 0.1) is 11.3 Å². The Morgan fingerprint density at radius 2 is 1.92 bits per heavy atom. The molecule has 0 aliphatic carbocycles. The number of nitrogens with zero attached hydrogens (tertiary/aromatic N) is 1. The zero-order chi connectivity index (χ0) is 17.9. The molecule has 2 saturated heterocycles. The van der Waals surface area contributed by atoms with Crippen molar-refractivity contribution in [3.8, 4) is 0 Å². The second-order valence-electron chi connectivity index (χ2n) is 7.35. The van der Waals surface area contributed by atoms with E-state index in [2.05, 4.69) is 6.92 Å². The number of hydrogen-bond donors (Lipinski definition) is 1. The summed E-state index contributed by atoms with van der Waals surface area (Å²) >= 11 is 0. The van der Waals surface area contributed by atoms with Crippen molar-refractivity contribution in [2.75, 3.05) is 26.3 Å². The van der Waals surface area contributed by atoms with Crippen LogP contribution in [0.5, 0.6) is 0 Å². The Labute approximate surface area is 149 Å². The van der Waals surface area contributed by atoms with Crippen LogP contribution in [0.3, 0.4) is 0 Å². The predicted octanol–water partition coefficient (Wildman–Crippen LogP) is 2.98. The van der Waals surface area contributed by atoms with E-state index in [0.717, 1.165) is 19.3 Å². The lowest BCUT2D eigenvalue weighted by molar-refractivity contribution is -0.146. The predicted molar refractivity (Wildman–Crippen MR) is 94.6 cm³/mol. The first kappa shape index (κ1) is 17.9. The van der Waals surface area contributed by atoms with E-state index in [1.807, 2.05) is 24.3 Å². The Balaban J connectivity index is 1.73. The molecule has 0 saturated carbocycles. The number of aryl methyl sites for hydroxylation is 1. The molecule has 3 rings (SSSR count). The van der Waals surface area contributed by atoms with E-state index in [1.165, 1.54) is 5.56 Å². The normalized spacial score (nSPS) is 22.3. The van der Waals surface area contributed by atoms with Crippen molar-refractivity contribution in [2.45, 2.75) is 39.0 Å². The van der Waals surface area contributed by atoms with Crippen molar-refractivity contribution in [3.05, 3.63) is 35.4 Å². The van der Waals surface area contributed by atoms with Crippen molar-refractivity contribution in [3.63, 3.8) is 0 Å². The molecule has 5 heteroatoms. The smallest absolute Gasteiger partial charge is 0.308 e. The van der Waals surface area contributed by atoms with Gasteiger partial charge in [0.25, 0.3) is 5.91 Å². The van der Waals surface area contributed by atoms with Crippen LogP contribution in [0.15, 0.2) is 24.3 Å². The summed E-state index contributed by atoms with van der Waals surface area (Å²) in [6.07, 6.45) is 4.74. The third-order valence-corrected chi connectivity index (χ3v) is 5.74. The van der Waals surface area contributed by atoms with Gasteiger partial charge in [-0.3, -0.25) is 9.59 Å².